The van der Waals surface area contributed by atoms with Crippen LogP contribution in [-0.2, 0) is 14.3 Å². The van der Waals surface area contributed by atoms with Crippen LogP contribution >= 0.6 is 0 Å². The molecule has 1 amide bonds. The molecule has 0 saturated heterocycles. The van der Waals surface area contributed by atoms with E-state index in [1.165, 1.54) is 14.0 Å². The number of hydrogen-bond acceptors (Lipinski definition) is 4. The van der Waals surface area contributed by atoms with E-state index in [0.717, 1.165) is 0 Å². The summed E-state index contributed by atoms with van der Waals surface area (Å²) in [6, 6.07) is 6.80. The Bertz CT molecular complexity index is 417. The summed E-state index contributed by atoms with van der Waals surface area (Å²) in [6.45, 7) is 3.02. The fourth-order valence-corrected chi connectivity index (χ4v) is 1.27. The second-order valence-electron chi connectivity index (χ2n) is 3.49. The Morgan fingerprint density at radius 3 is 2.65 bits per heavy atom. The zero-order valence-electron chi connectivity index (χ0n) is 10.0. The molecular weight excluding hydrogens is 222 g/mol. The van der Waals surface area contributed by atoms with Gasteiger partial charge in [0.2, 0.25) is 5.91 Å². The van der Waals surface area contributed by atoms with Crippen LogP contribution in [0.3, 0.4) is 0 Å². The molecule has 1 rings (SSSR count). The molecule has 0 radical (unpaired) electrons. The molecule has 5 heteroatoms. The number of esters is 1. The predicted molar refractivity (Wildman–Crippen MR) is 62.9 cm³/mol. The molecule has 0 spiro atoms. The quantitative estimate of drug-likeness (QED) is 0.807. The van der Waals surface area contributed by atoms with Crippen molar-refractivity contribution in [2.24, 2.45) is 0 Å². The van der Waals surface area contributed by atoms with Crippen molar-refractivity contribution in [2.45, 2.75) is 20.0 Å². The first kappa shape index (κ1) is 13.0. The van der Waals surface area contributed by atoms with Gasteiger partial charge in [-0.1, -0.05) is 6.07 Å². The van der Waals surface area contributed by atoms with Crippen LogP contribution in [0.25, 0.3) is 0 Å². The summed E-state index contributed by atoms with van der Waals surface area (Å²) >= 11 is 0. The number of nitrogens with one attached hydrogen (secondary N) is 1. The topological polar surface area (TPSA) is 64.6 Å². The average Bonchev–Trinajstić information content (AvgIpc) is 2.27. The van der Waals surface area contributed by atoms with Crippen LogP contribution in [0.4, 0.5) is 5.69 Å². The molecule has 0 saturated carbocycles. The molecule has 1 atom stereocenters. The highest BCUT2D eigenvalue weighted by Gasteiger charge is 2.14. The molecule has 92 valence electrons. The number of methoxy groups -OCH3 is 1. The fourth-order valence-electron chi connectivity index (χ4n) is 1.27. The minimum absolute atomic E-state index is 0.164. The van der Waals surface area contributed by atoms with Gasteiger partial charge in [-0.25, -0.2) is 4.79 Å². The van der Waals surface area contributed by atoms with Crippen molar-refractivity contribution in [3.63, 3.8) is 0 Å². The summed E-state index contributed by atoms with van der Waals surface area (Å²) in [5, 5.41) is 2.63. The van der Waals surface area contributed by atoms with Crippen LogP contribution in [-0.4, -0.2) is 25.1 Å². The van der Waals surface area contributed by atoms with Gasteiger partial charge in [0.15, 0.2) is 6.10 Å². The monoisotopic (exact) mass is 237 g/mol. The summed E-state index contributed by atoms with van der Waals surface area (Å²) in [5.41, 5.74) is 0.618. The maximum absolute atomic E-state index is 11.2. The van der Waals surface area contributed by atoms with Crippen LogP contribution in [0, 0.1) is 0 Å². The molecule has 1 N–H and O–H groups in total. The molecule has 0 heterocycles. The highest BCUT2D eigenvalue weighted by Crippen LogP contribution is 2.18. The van der Waals surface area contributed by atoms with Gasteiger partial charge in [-0.15, -0.1) is 0 Å². The Hall–Kier alpha value is -2.04. The standard InChI is InChI=1S/C12H15NO4/c1-8(12(15)16-3)17-11-6-4-5-10(7-11)13-9(2)14/h4-8H,1-3H3,(H,13,14). The summed E-state index contributed by atoms with van der Waals surface area (Å²) in [5.74, 6) is -0.118. The summed E-state index contributed by atoms with van der Waals surface area (Å²) < 4.78 is 9.91. The van der Waals surface area contributed by atoms with Gasteiger partial charge < -0.3 is 14.8 Å². The van der Waals surface area contributed by atoms with Gasteiger partial charge in [0.05, 0.1) is 7.11 Å². The van der Waals surface area contributed by atoms with Crippen molar-refractivity contribution >= 4 is 17.6 Å². The van der Waals surface area contributed by atoms with Gasteiger partial charge in [-0.05, 0) is 19.1 Å². The lowest BCUT2D eigenvalue weighted by Crippen LogP contribution is -2.24. The van der Waals surface area contributed by atoms with E-state index in [-0.39, 0.29) is 5.91 Å². The Balaban J connectivity index is 2.71. The predicted octanol–water partition coefficient (Wildman–Crippen LogP) is 1.59. The fraction of sp³-hybridized carbons (Fsp3) is 0.333. The van der Waals surface area contributed by atoms with E-state index in [4.69, 9.17) is 4.74 Å². The van der Waals surface area contributed by atoms with Crippen molar-refractivity contribution < 1.29 is 19.1 Å². The summed E-state index contributed by atoms with van der Waals surface area (Å²) in [7, 11) is 1.30. The third-order valence-corrected chi connectivity index (χ3v) is 2.00. The highest BCUT2D eigenvalue weighted by molar-refractivity contribution is 5.88. The van der Waals surface area contributed by atoms with Gasteiger partial charge in [0, 0.05) is 18.7 Å². The van der Waals surface area contributed by atoms with Crippen molar-refractivity contribution in [1.82, 2.24) is 0 Å². The third-order valence-electron chi connectivity index (χ3n) is 2.00. The number of ether oxygens (including phenoxy) is 2. The number of hydrogen-bond donors (Lipinski definition) is 1. The van der Waals surface area contributed by atoms with Crippen LogP contribution < -0.4 is 10.1 Å². The average molecular weight is 237 g/mol. The Morgan fingerprint density at radius 2 is 2.06 bits per heavy atom. The van der Waals surface area contributed by atoms with Gasteiger partial charge in [0.25, 0.3) is 0 Å². The largest absolute Gasteiger partial charge is 0.479 e. The first-order valence-electron chi connectivity index (χ1n) is 5.15. The lowest BCUT2D eigenvalue weighted by molar-refractivity contribution is -0.147. The van der Waals surface area contributed by atoms with Crippen LogP contribution in [0.1, 0.15) is 13.8 Å². The Labute approximate surface area is 99.7 Å². The second kappa shape index (κ2) is 5.89. The Morgan fingerprint density at radius 1 is 1.35 bits per heavy atom. The van der Waals surface area contributed by atoms with E-state index >= 15 is 0 Å². The number of benzene rings is 1. The molecule has 0 fully saturated rings. The maximum atomic E-state index is 11.2. The normalized spacial score (nSPS) is 11.5. The number of carbonyl (C=O) groups excluding carboxylic acids is 2. The number of rotatable bonds is 4. The van der Waals surface area contributed by atoms with Crippen molar-refractivity contribution in [2.75, 3.05) is 12.4 Å². The van der Waals surface area contributed by atoms with Gasteiger partial charge >= 0.3 is 5.97 Å². The van der Waals surface area contributed by atoms with Crippen molar-refractivity contribution in [3.8, 4) is 5.75 Å². The minimum atomic E-state index is -0.687. The minimum Gasteiger partial charge on any atom is -0.479 e. The lowest BCUT2D eigenvalue weighted by Gasteiger charge is -2.13. The molecule has 0 bridgehead atoms. The van der Waals surface area contributed by atoms with E-state index in [2.05, 4.69) is 10.1 Å². The SMILES string of the molecule is COC(=O)C(C)Oc1cccc(NC(C)=O)c1. The van der Waals surface area contributed by atoms with E-state index in [9.17, 15) is 9.59 Å². The zero-order chi connectivity index (χ0) is 12.8. The molecule has 0 aliphatic carbocycles. The molecule has 1 aromatic rings. The smallest absolute Gasteiger partial charge is 0.346 e. The number of anilines is 1. The molecule has 1 aromatic carbocycles. The molecule has 5 nitrogen and oxygen atoms in total. The number of amides is 1. The van der Waals surface area contributed by atoms with Crippen LogP contribution in [0.2, 0.25) is 0 Å². The summed E-state index contributed by atoms with van der Waals surface area (Å²) in [6.07, 6.45) is -0.687. The maximum Gasteiger partial charge on any atom is 0.346 e. The zero-order valence-corrected chi connectivity index (χ0v) is 10.0. The van der Waals surface area contributed by atoms with Crippen molar-refractivity contribution in [3.05, 3.63) is 24.3 Å². The Kier molecular flexibility index (Phi) is 4.51. The van der Waals surface area contributed by atoms with Gasteiger partial charge in [-0.3, -0.25) is 4.79 Å². The van der Waals surface area contributed by atoms with Gasteiger partial charge in [0.1, 0.15) is 5.75 Å². The third kappa shape index (κ3) is 4.14. The number of carbonyl (C=O) groups is 2. The molecule has 1 unspecified atom stereocenters. The second-order valence-corrected chi connectivity index (χ2v) is 3.49. The summed E-state index contributed by atoms with van der Waals surface area (Å²) in [4.78, 5) is 22.0. The molecule has 0 aromatic heterocycles. The van der Waals surface area contributed by atoms with E-state index in [1.54, 1.807) is 31.2 Å². The van der Waals surface area contributed by atoms with E-state index in [1.807, 2.05) is 0 Å². The first-order valence-corrected chi connectivity index (χ1v) is 5.15. The van der Waals surface area contributed by atoms with Crippen LogP contribution in [0.5, 0.6) is 5.75 Å². The lowest BCUT2D eigenvalue weighted by atomic mass is 10.3. The molecule has 17 heavy (non-hydrogen) atoms. The molecule has 0 aliphatic rings. The first-order chi connectivity index (χ1) is 8.02. The van der Waals surface area contributed by atoms with Crippen LogP contribution in [0.15, 0.2) is 24.3 Å². The molecule has 0 aliphatic heterocycles. The highest BCUT2D eigenvalue weighted by atomic mass is 16.6. The van der Waals surface area contributed by atoms with Gasteiger partial charge in [-0.2, -0.15) is 0 Å². The van der Waals surface area contributed by atoms with E-state index < -0.39 is 12.1 Å². The molecular formula is C12H15NO4. The van der Waals surface area contributed by atoms with Crippen molar-refractivity contribution in [1.29, 1.82) is 0 Å². The van der Waals surface area contributed by atoms with E-state index in [0.29, 0.717) is 11.4 Å².